The zero-order valence-electron chi connectivity index (χ0n) is 15.4. The molecule has 6 nitrogen and oxygen atoms in total. The first-order chi connectivity index (χ1) is 12.1. The molecule has 0 radical (unpaired) electrons. The normalized spacial score (nSPS) is 16.1. The van der Waals surface area contributed by atoms with Crippen LogP contribution in [-0.2, 0) is 0 Å². The maximum absolute atomic E-state index is 12.7. The van der Waals surface area contributed by atoms with Crippen LogP contribution in [0.4, 0.5) is 0 Å². The lowest BCUT2D eigenvalue weighted by Crippen LogP contribution is -2.30. The molecule has 1 aromatic heterocycles. The maximum atomic E-state index is 12.7. The lowest BCUT2D eigenvalue weighted by Gasteiger charge is -2.22. The fourth-order valence-electron chi connectivity index (χ4n) is 3.30. The van der Waals surface area contributed by atoms with Crippen molar-refractivity contribution in [3.63, 3.8) is 0 Å². The summed E-state index contributed by atoms with van der Waals surface area (Å²) in [4.78, 5) is 12.7. The van der Waals surface area contributed by atoms with E-state index in [4.69, 9.17) is 0 Å². The van der Waals surface area contributed by atoms with Crippen LogP contribution >= 0.6 is 12.4 Å². The van der Waals surface area contributed by atoms with Gasteiger partial charge in [-0.3, -0.25) is 4.79 Å². The van der Waals surface area contributed by atoms with Crippen molar-refractivity contribution >= 4 is 18.3 Å². The van der Waals surface area contributed by atoms with Crippen LogP contribution in [0.1, 0.15) is 61.2 Å². The van der Waals surface area contributed by atoms with Crippen molar-refractivity contribution in [2.75, 3.05) is 13.1 Å². The standard InChI is InChI=1S/C19H27N5O.ClH/c1-14(2)12-17(15-6-4-3-5-7-15)21-19(25)18-13-24(23-22-18)16-8-10-20-11-9-16;/h3-7,13-14,16-17,20H,8-12H2,1-2H3,(H,21,25);1H. The minimum atomic E-state index is -0.158. The molecule has 1 aliphatic heterocycles. The van der Waals surface area contributed by atoms with Gasteiger partial charge in [0.15, 0.2) is 5.69 Å². The summed E-state index contributed by atoms with van der Waals surface area (Å²) in [6.07, 6.45) is 4.70. The summed E-state index contributed by atoms with van der Waals surface area (Å²) in [5.41, 5.74) is 1.51. The summed E-state index contributed by atoms with van der Waals surface area (Å²) >= 11 is 0. The van der Waals surface area contributed by atoms with Gasteiger partial charge in [0.2, 0.25) is 0 Å². The third-order valence-corrected chi connectivity index (χ3v) is 4.64. The molecule has 26 heavy (non-hydrogen) atoms. The van der Waals surface area contributed by atoms with Gasteiger partial charge in [0.1, 0.15) is 0 Å². The number of carbonyl (C=O) groups excluding carboxylic acids is 1. The van der Waals surface area contributed by atoms with E-state index in [-0.39, 0.29) is 24.4 Å². The van der Waals surface area contributed by atoms with Crippen LogP contribution in [0.3, 0.4) is 0 Å². The third-order valence-electron chi connectivity index (χ3n) is 4.64. The predicted molar refractivity (Wildman–Crippen MR) is 105 cm³/mol. The number of aromatic nitrogens is 3. The molecule has 1 amide bonds. The molecule has 1 atom stereocenters. The Labute approximate surface area is 161 Å². The van der Waals surface area contributed by atoms with E-state index >= 15 is 0 Å². The van der Waals surface area contributed by atoms with Gasteiger partial charge in [-0.1, -0.05) is 49.4 Å². The number of nitrogens with one attached hydrogen (secondary N) is 2. The second-order valence-electron chi connectivity index (χ2n) is 7.13. The first-order valence-electron chi connectivity index (χ1n) is 9.12. The second kappa shape index (κ2) is 9.69. The molecule has 7 heteroatoms. The summed E-state index contributed by atoms with van der Waals surface area (Å²) in [5, 5.41) is 14.7. The smallest absolute Gasteiger partial charge is 0.273 e. The Hall–Kier alpha value is -1.92. The van der Waals surface area contributed by atoms with Crippen molar-refractivity contribution in [1.82, 2.24) is 25.6 Å². The molecule has 0 saturated carbocycles. The molecule has 2 aromatic rings. The fourth-order valence-corrected chi connectivity index (χ4v) is 3.30. The molecule has 2 N–H and O–H groups in total. The van der Waals surface area contributed by atoms with Crippen LogP contribution in [-0.4, -0.2) is 34.0 Å². The van der Waals surface area contributed by atoms with Gasteiger partial charge in [-0.2, -0.15) is 0 Å². The van der Waals surface area contributed by atoms with E-state index in [1.807, 2.05) is 22.9 Å². The number of carbonyl (C=O) groups is 1. The van der Waals surface area contributed by atoms with E-state index in [0.717, 1.165) is 37.9 Å². The zero-order chi connectivity index (χ0) is 17.6. The quantitative estimate of drug-likeness (QED) is 0.811. The lowest BCUT2D eigenvalue weighted by molar-refractivity contribution is 0.0926. The number of rotatable bonds is 6. The van der Waals surface area contributed by atoms with E-state index in [1.165, 1.54) is 0 Å². The largest absolute Gasteiger partial charge is 0.344 e. The zero-order valence-corrected chi connectivity index (χ0v) is 16.2. The average molecular weight is 378 g/mol. The van der Waals surface area contributed by atoms with Crippen molar-refractivity contribution in [2.45, 2.75) is 45.2 Å². The summed E-state index contributed by atoms with van der Waals surface area (Å²) < 4.78 is 1.84. The van der Waals surface area contributed by atoms with Gasteiger partial charge < -0.3 is 10.6 Å². The van der Waals surface area contributed by atoms with Crippen molar-refractivity contribution in [2.24, 2.45) is 5.92 Å². The Morgan fingerprint density at radius 3 is 2.62 bits per heavy atom. The van der Waals surface area contributed by atoms with Gasteiger partial charge >= 0.3 is 0 Å². The monoisotopic (exact) mass is 377 g/mol. The molecule has 1 unspecified atom stereocenters. The van der Waals surface area contributed by atoms with Crippen LogP contribution in [0.2, 0.25) is 0 Å². The van der Waals surface area contributed by atoms with E-state index in [0.29, 0.717) is 17.7 Å². The Morgan fingerprint density at radius 2 is 1.96 bits per heavy atom. The highest BCUT2D eigenvalue weighted by Gasteiger charge is 2.21. The van der Waals surface area contributed by atoms with E-state index in [9.17, 15) is 4.79 Å². The lowest BCUT2D eigenvalue weighted by atomic mass is 9.97. The highest BCUT2D eigenvalue weighted by Crippen LogP contribution is 2.22. The number of piperidine rings is 1. The van der Waals surface area contributed by atoms with Gasteiger partial charge in [-0.05, 0) is 43.8 Å². The molecular formula is C19H28ClN5O. The molecule has 1 saturated heterocycles. The highest BCUT2D eigenvalue weighted by molar-refractivity contribution is 5.92. The molecule has 1 fully saturated rings. The summed E-state index contributed by atoms with van der Waals surface area (Å²) in [5.74, 6) is 0.325. The van der Waals surface area contributed by atoms with E-state index in [2.05, 4.69) is 46.9 Å². The second-order valence-corrected chi connectivity index (χ2v) is 7.13. The minimum Gasteiger partial charge on any atom is -0.344 e. The minimum absolute atomic E-state index is 0. The first kappa shape index (κ1) is 20.4. The number of benzene rings is 1. The molecule has 1 aliphatic rings. The topological polar surface area (TPSA) is 71.8 Å². The predicted octanol–water partition coefficient (Wildman–Crippen LogP) is 3.14. The Balaban J connectivity index is 0.00000243. The summed E-state index contributed by atoms with van der Waals surface area (Å²) in [6, 6.07) is 10.4. The number of hydrogen-bond acceptors (Lipinski definition) is 4. The van der Waals surface area contributed by atoms with Crippen LogP contribution in [0.15, 0.2) is 36.5 Å². The van der Waals surface area contributed by atoms with Crippen molar-refractivity contribution in [3.05, 3.63) is 47.8 Å². The van der Waals surface area contributed by atoms with Crippen LogP contribution < -0.4 is 10.6 Å². The SMILES string of the molecule is CC(C)CC(NC(=O)c1cn(C2CCNCC2)nn1)c1ccccc1.Cl. The first-order valence-corrected chi connectivity index (χ1v) is 9.12. The number of hydrogen-bond donors (Lipinski definition) is 2. The van der Waals surface area contributed by atoms with Crippen LogP contribution in [0, 0.1) is 5.92 Å². The van der Waals surface area contributed by atoms with Gasteiger partial charge in [0.25, 0.3) is 5.91 Å². The van der Waals surface area contributed by atoms with Crippen molar-refractivity contribution in [1.29, 1.82) is 0 Å². The highest BCUT2D eigenvalue weighted by atomic mass is 35.5. The van der Waals surface area contributed by atoms with Crippen molar-refractivity contribution < 1.29 is 4.79 Å². The van der Waals surface area contributed by atoms with Gasteiger partial charge in [-0.25, -0.2) is 4.68 Å². The molecular weight excluding hydrogens is 350 g/mol. The van der Waals surface area contributed by atoms with E-state index in [1.54, 1.807) is 6.20 Å². The fraction of sp³-hybridized carbons (Fsp3) is 0.526. The molecule has 0 spiro atoms. The van der Waals surface area contributed by atoms with Gasteiger partial charge in [0, 0.05) is 0 Å². The molecule has 0 bridgehead atoms. The van der Waals surface area contributed by atoms with Crippen LogP contribution in [0.25, 0.3) is 0 Å². The average Bonchev–Trinajstić information content (AvgIpc) is 3.12. The summed E-state index contributed by atoms with van der Waals surface area (Å²) in [6.45, 7) is 6.29. The third kappa shape index (κ3) is 5.29. The number of nitrogens with zero attached hydrogens (tertiary/aromatic N) is 3. The number of halogens is 1. The molecule has 2 heterocycles. The Morgan fingerprint density at radius 1 is 1.27 bits per heavy atom. The maximum Gasteiger partial charge on any atom is 0.273 e. The van der Waals surface area contributed by atoms with E-state index < -0.39 is 0 Å². The molecule has 3 rings (SSSR count). The van der Waals surface area contributed by atoms with Crippen molar-refractivity contribution in [3.8, 4) is 0 Å². The Kier molecular flexibility index (Phi) is 7.60. The Bertz CT molecular complexity index is 682. The molecule has 142 valence electrons. The molecule has 0 aliphatic carbocycles. The number of amides is 1. The van der Waals surface area contributed by atoms with Gasteiger partial charge in [0.05, 0.1) is 18.3 Å². The van der Waals surface area contributed by atoms with Gasteiger partial charge in [-0.15, -0.1) is 17.5 Å². The van der Waals surface area contributed by atoms with Crippen LogP contribution in [0.5, 0.6) is 0 Å². The molecule has 1 aromatic carbocycles. The summed E-state index contributed by atoms with van der Waals surface area (Å²) in [7, 11) is 0.